The summed E-state index contributed by atoms with van der Waals surface area (Å²) in [7, 11) is 3.47. The van der Waals surface area contributed by atoms with E-state index in [-0.39, 0.29) is 122 Å². The van der Waals surface area contributed by atoms with Crippen LogP contribution in [0.1, 0.15) is 70.1 Å². The zero-order valence-corrected chi connectivity index (χ0v) is 59.0. The van der Waals surface area contributed by atoms with E-state index in [4.69, 9.17) is 45.8 Å². The number of primary amides is 1. The quantitative estimate of drug-likeness (QED) is 0.0144. The molecule has 0 saturated carbocycles. The summed E-state index contributed by atoms with van der Waals surface area (Å²) in [5, 5.41) is 24.6. The number of nitrogens with two attached hydrogens (primary N) is 1. The monoisotopic (exact) mass is 1460 g/mol. The van der Waals surface area contributed by atoms with Crippen LogP contribution >= 0.6 is 11.6 Å². The molecule has 1 fully saturated rings. The number of imide groups is 1. The highest BCUT2D eigenvalue weighted by atomic mass is 35.5. The minimum absolute atomic E-state index is 0.00319. The summed E-state index contributed by atoms with van der Waals surface area (Å²) >= 11 is 6.69. The number of nitrogens with zero attached hydrogens (tertiary/aromatic N) is 7. The number of rotatable bonds is 32. The van der Waals surface area contributed by atoms with Gasteiger partial charge < -0.3 is 95.3 Å². The number of nitrogens with one attached hydrogen (secondary N) is 6. The van der Waals surface area contributed by atoms with E-state index in [0.717, 1.165) is 46.7 Å². The van der Waals surface area contributed by atoms with Gasteiger partial charge in [0.2, 0.25) is 11.8 Å². The molecular formula is C71H85ClN14O18. The molecule has 0 unspecified atom stereocenters. The molecule has 33 heteroatoms. The first-order valence-corrected chi connectivity index (χ1v) is 34.3. The zero-order chi connectivity index (χ0) is 74.6. The first-order chi connectivity index (χ1) is 50.0. The Morgan fingerprint density at radius 1 is 0.788 bits per heavy atom. The van der Waals surface area contributed by atoms with Gasteiger partial charge in [0.1, 0.15) is 48.1 Å². The van der Waals surface area contributed by atoms with Gasteiger partial charge in [0.25, 0.3) is 23.6 Å². The molecule has 554 valence electrons. The number of anilines is 3. The van der Waals surface area contributed by atoms with Crippen LogP contribution in [0.3, 0.4) is 0 Å². The van der Waals surface area contributed by atoms with E-state index in [2.05, 4.69) is 41.5 Å². The number of aliphatic hydroxyl groups excluding tert-OH is 1. The number of fused-ring (bicyclic) bond motifs is 4. The van der Waals surface area contributed by atoms with Gasteiger partial charge in [-0.15, -0.1) is 11.6 Å². The van der Waals surface area contributed by atoms with Crippen LogP contribution in [-0.4, -0.2) is 243 Å². The number of carbonyl (C=O) groups is 11. The number of urea groups is 1. The fourth-order valence-electron chi connectivity index (χ4n) is 11.6. The molecule has 3 atom stereocenters. The molecule has 12 amide bonds. The van der Waals surface area contributed by atoms with Crippen molar-refractivity contribution < 1.29 is 86.3 Å². The number of aliphatic hydroxyl groups is 1. The predicted octanol–water partition coefficient (Wildman–Crippen LogP) is 5.65. The Labute approximate surface area is 603 Å². The molecule has 9 rings (SSSR count). The summed E-state index contributed by atoms with van der Waals surface area (Å²) in [4.78, 5) is 161. The highest BCUT2D eigenvalue weighted by molar-refractivity contribution is 6.20. The summed E-state index contributed by atoms with van der Waals surface area (Å²) in [6.07, 6.45) is 1.07. The number of halogens is 1. The molecule has 0 aliphatic carbocycles. The smallest absolute Gasteiger partial charge is 0.415 e. The second-order valence-electron chi connectivity index (χ2n) is 25.2. The second-order valence-corrected chi connectivity index (χ2v) is 25.5. The van der Waals surface area contributed by atoms with Gasteiger partial charge >= 0.3 is 30.4 Å². The Bertz CT molecular complexity index is 4130. The standard InChI is InChI=1S/C71H85ClN14O18/c1-43(2)61(80-68(95)101-35-34-100-32-29-85-57(88)19-20-58(85)89)65(92)79-53(10-7-21-74-67(73)94)64(91)76-49-15-11-45(12-16-49)42-102-69(96)82(5)24-27-84(28-31-99-33-30-87)71(98)104-56-38-55-60(59-44(3)8-6-9-52(56)59)48(39-72)41-86(55)66(93)54-37-47-36-50(40-75-62(47)78-54)77-63(90)46-13-17-51(18-14-46)103-70(97)83-25-22-81(4)23-26-83/h6,8-9,11-20,36-38,40,43,48,53,61,87H,7,10,21-35,39,41-42H2,1-5H3,(H,75,78)(H,76,91)(H,77,90)(H,79,92)(H,80,95)(H3,73,74,94)/t48-,53+,61+/m1/s1. The number of amides is 12. The van der Waals surface area contributed by atoms with Crippen LogP contribution in [0.25, 0.3) is 21.8 Å². The normalized spacial score (nSPS) is 14.8. The maximum atomic E-state index is 14.8. The Morgan fingerprint density at radius 3 is 2.22 bits per heavy atom. The van der Waals surface area contributed by atoms with Crippen LogP contribution in [-0.2, 0) is 44.7 Å². The van der Waals surface area contributed by atoms with Crippen molar-refractivity contribution in [2.45, 2.75) is 58.2 Å². The molecule has 3 aliphatic rings. The summed E-state index contributed by atoms with van der Waals surface area (Å²) in [6.45, 7) is 7.24. The van der Waals surface area contributed by atoms with Crippen molar-refractivity contribution in [1.82, 2.24) is 50.4 Å². The van der Waals surface area contributed by atoms with Crippen LogP contribution in [0.4, 0.5) is 41.0 Å². The van der Waals surface area contributed by atoms with Gasteiger partial charge in [0.05, 0.1) is 57.2 Å². The number of alkyl halides is 1. The van der Waals surface area contributed by atoms with Crippen molar-refractivity contribution in [3.05, 3.63) is 131 Å². The average molecular weight is 1460 g/mol. The lowest BCUT2D eigenvalue weighted by atomic mass is 9.92. The predicted molar refractivity (Wildman–Crippen MR) is 381 cm³/mol. The van der Waals surface area contributed by atoms with Crippen LogP contribution in [0.5, 0.6) is 11.5 Å². The Balaban J connectivity index is 0.794. The fraction of sp³-hybridized carbons (Fsp3) is 0.408. The number of likely N-dealkylation sites (N-methyl/N-ethyl adjacent to an activating group) is 2. The molecule has 6 aromatic rings. The SMILES string of the molecule is Cc1cccc2c(OC(=O)N(CCOCCO)CCN(C)C(=O)OCc3ccc(NC(=O)[C@H](CCCNC(N)=O)NC(=O)[C@@H](NC(=O)OCCOCCN4C(=O)C=CC4=O)C(C)C)cc3)cc3c(c12)[C@H](CCl)CN3C(=O)c1cc2cc(NC(=O)c3ccc(OC(=O)N4CCN(C)CC4)cc3)cnc2[nH]1. The first-order valence-electron chi connectivity index (χ1n) is 33.8. The number of H-pyrrole nitrogens is 1. The van der Waals surface area contributed by atoms with E-state index < -0.39 is 83.8 Å². The van der Waals surface area contributed by atoms with Gasteiger partial charge in [-0.05, 0) is 103 Å². The van der Waals surface area contributed by atoms with Crippen LogP contribution in [0.15, 0.2) is 103 Å². The van der Waals surface area contributed by atoms with Crippen LogP contribution < -0.4 is 46.7 Å². The molecule has 104 heavy (non-hydrogen) atoms. The van der Waals surface area contributed by atoms with E-state index >= 15 is 0 Å². The topological polar surface area (TPSA) is 398 Å². The summed E-state index contributed by atoms with van der Waals surface area (Å²) in [6, 6.07) is 19.9. The number of alkyl carbamates (subject to hydrolysis) is 1. The summed E-state index contributed by atoms with van der Waals surface area (Å²) in [5.74, 6) is -3.34. The Kier molecular flexibility index (Phi) is 27.3. The van der Waals surface area contributed by atoms with Crippen molar-refractivity contribution in [1.29, 1.82) is 0 Å². The third kappa shape index (κ3) is 20.7. The largest absolute Gasteiger partial charge is 0.447 e. The lowest BCUT2D eigenvalue weighted by Crippen LogP contribution is -2.54. The second kappa shape index (κ2) is 36.8. The van der Waals surface area contributed by atoms with Gasteiger partial charge in [-0.2, -0.15) is 0 Å². The van der Waals surface area contributed by atoms with Crippen LogP contribution in [0.2, 0.25) is 0 Å². The van der Waals surface area contributed by atoms with Gasteiger partial charge in [-0.25, -0.2) is 29.0 Å². The third-order valence-corrected chi connectivity index (χ3v) is 17.7. The summed E-state index contributed by atoms with van der Waals surface area (Å²) in [5.41, 5.74) is 9.37. The van der Waals surface area contributed by atoms with E-state index in [0.29, 0.717) is 63.4 Å². The highest BCUT2D eigenvalue weighted by Gasteiger charge is 2.38. The van der Waals surface area contributed by atoms with Crippen molar-refractivity contribution in [2.24, 2.45) is 11.7 Å². The van der Waals surface area contributed by atoms with Crippen molar-refractivity contribution in [3.63, 3.8) is 0 Å². The number of carbonyl (C=O) groups excluding carboxylic acids is 11. The van der Waals surface area contributed by atoms with Crippen molar-refractivity contribution in [3.8, 4) is 11.5 Å². The molecule has 0 radical (unpaired) electrons. The van der Waals surface area contributed by atoms with Gasteiger partial charge in [0, 0.05) is 118 Å². The maximum Gasteiger partial charge on any atom is 0.415 e. The number of aromatic nitrogens is 2. The minimum atomic E-state index is -1.17. The molecule has 5 heterocycles. The maximum absolute atomic E-state index is 14.8. The summed E-state index contributed by atoms with van der Waals surface area (Å²) < 4.78 is 33.6. The Morgan fingerprint density at radius 2 is 1.52 bits per heavy atom. The lowest BCUT2D eigenvalue weighted by Gasteiger charge is -2.31. The van der Waals surface area contributed by atoms with Crippen molar-refractivity contribution in [2.75, 3.05) is 141 Å². The molecule has 1 saturated heterocycles. The number of pyridine rings is 1. The van der Waals surface area contributed by atoms with Gasteiger partial charge in [-0.1, -0.05) is 44.2 Å². The number of hydrogen-bond donors (Lipinski definition) is 8. The number of benzene rings is 4. The van der Waals surface area contributed by atoms with Gasteiger partial charge in [-0.3, -0.25) is 33.7 Å². The van der Waals surface area contributed by atoms with E-state index in [1.807, 2.05) is 32.2 Å². The molecule has 32 nitrogen and oxygen atoms in total. The molecule has 0 bridgehead atoms. The van der Waals surface area contributed by atoms with E-state index in [9.17, 15) is 57.8 Å². The molecule has 3 aliphatic heterocycles. The van der Waals surface area contributed by atoms with Crippen LogP contribution in [0, 0.1) is 12.8 Å². The number of ether oxygens (including phenoxy) is 6. The number of piperazine rings is 1. The fourth-order valence-corrected chi connectivity index (χ4v) is 11.9. The average Bonchev–Trinajstić information content (AvgIpc) is 1.56. The zero-order valence-electron chi connectivity index (χ0n) is 58.2. The molecule has 4 aromatic carbocycles. The first kappa shape index (κ1) is 77.2. The Hall–Kier alpha value is -10.9. The molecular weight excluding hydrogens is 1370 g/mol. The van der Waals surface area contributed by atoms with E-state index in [1.165, 1.54) is 23.0 Å². The molecule has 0 spiro atoms. The highest BCUT2D eigenvalue weighted by Crippen LogP contribution is 2.47. The van der Waals surface area contributed by atoms with Gasteiger partial charge in [0.15, 0.2) is 0 Å². The number of aryl methyl sites for hydroxylation is 1. The third-order valence-electron chi connectivity index (χ3n) is 17.4. The number of hydrogen-bond acceptors (Lipinski definition) is 20. The number of aromatic amines is 1. The lowest BCUT2D eigenvalue weighted by molar-refractivity contribution is -0.137. The molecule has 9 N–H and O–H groups in total. The van der Waals surface area contributed by atoms with Crippen molar-refractivity contribution >= 4 is 116 Å². The van der Waals surface area contributed by atoms with E-state index in [1.54, 1.807) is 90.4 Å². The minimum Gasteiger partial charge on any atom is -0.447 e. The molecule has 2 aromatic heterocycles.